The molecule has 0 saturated carbocycles. The van der Waals surface area contributed by atoms with E-state index in [0.29, 0.717) is 22.2 Å². The largest absolute Gasteiger partial charge is 0.354 e. The van der Waals surface area contributed by atoms with Crippen molar-refractivity contribution in [3.8, 4) is 0 Å². The highest BCUT2D eigenvalue weighted by Gasteiger charge is 2.10. The van der Waals surface area contributed by atoms with Gasteiger partial charge in [-0.3, -0.25) is 0 Å². The highest BCUT2D eigenvalue weighted by atomic mass is 32.2. The van der Waals surface area contributed by atoms with Crippen LogP contribution in [-0.4, -0.2) is 45.6 Å². The van der Waals surface area contributed by atoms with Crippen molar-refractivity contribution in [1.29, 1.82) is 0 Å². The normalized spacial score (nSPS) is 10.5. The van der Waals surface area contributed by atoms with Crippen molar-refractivity contribution in [2.75, 3.05) is 30.9 Å². The molecular weight excluding hydrogens is 286 g/mol. The minimum atomic E-state index is 0.575. The highest BCUT2D eigenvalue weighted by molar-refractivity contribution is 7.99. The molecule has 0 unspecified atom stereocenters. The van der Waals surface area contributed by atoms with Gasteiger partial charge in [-0.05, 0) is 31.2 Å². The van der Waals surface area contributed by atoms with E-state index >= 15 is 0 Å². The van der Waals surface area contributed by atoms with Crippen molar-refractivity contribution in [2.24, 2.45) is 0 Å². The van der Waals surface area contributed by atoms with Gasteiger partial charge >= 0.3 is 0 Å². The molecule has 0 spiro atoms. The summed E-state index contributed by atoms with van der Waals surface area (Å²) >= 11 is 1.33. The SMILES string of the molecule is CCCNc1nc(Sc2nccc(C)n2)nc(N(C)C)n1. The second-order valence-corrected chi connectivity index (χ2v) is 5.58. The fraction of sp³-hybridized carbons (Fsp3) is 0.462. The zero-order valence-electron chi connectivity index (χ0n) is 12.7. The van der Waals surface area contributed by atoms with E-state index in [-0.39, 0.29) is 0 Å². The van der Waals surface area contributed by atoms with Crippen LogP contribution in [0.25, 0.3) is 0 Å². The van der Waals surface area contributed by atoms with E-state index < -0.39 is 0 Å². The average Bonchev–Trinajstić information content (AvgIpc) is 2.45. The van der Waals surface area contributed by atoms with Gasteiger partial charge in [0.05, 0.1) is 0 Å². The maximum Gasteiger partial charge on any atom is 0.230 e. The molecule has 1 N–H and O–H groups in total. The lowest BCUT2D eigenvalue weighted by Crippen LogP contribution is -2.16. The summed E-state index contributed by atoms with van der Waals surface area (Å²) in [6, 6.07) is 1.86. The molecule has 2 heterocycles. The topological polar surface area (TPSA) is 79.7 Å². The third-order valence-corrected chi connectivity index (χ3v) is 3.24. The van der Waals surface area contributed by atoms with Crippen LogP contribution < -0.4 is 10.2 Å². The fourth-order valence-electron chi connectivity index (χ4n) is 1.46. The Hall–Kier alpha value is -1.96. The quantitative estimate of drug-likeness (QED) is 0.812. The average molecular weight is 305 g/mol. The molecule has 2 aromatic rings. The summed E-state index contributed by atoms with van der Waals surface area (Å²) < 4.78 is 0. The van der Waals surface area contributed by atoms with Gasteiger partial charge in [0.25, 0.3) is 0 Å². The first kappa shape index (κ1) is 15.4. The Kier molecular flexibility index (Phi) is 5.26. The number of hydrogen-bond acceptors (Lipinski definition) is 8. The van der Waals surface area contributed by atoms with Gasteiger partial charge in [0.1, 0.15) is 0 Å². The predicted octanol–water partition coefficient (Wildman–Crippen LogP) is 2.01. The molecule has 0 amide bonds. The van der Waals surface area contributed by atoms with Crippen molar-refractivity contribution in [2.45, 2.75) is 30.6 Å². The first-order chi connectivity index (χ1) is 10.1. The van der Waals surface area contributed by atoms with Gasteiger partial charge in [0, 0.05) is 32.5 Å². The van der Waals surface area contributed by atoms with Crippen LogP contribution in [0.15, 0.2) is 22.6 Å². The first-order valence-corrected chi connectivity index (χ1v) is 7.55. The molecule has 2 aromatic heterocycles. The lowest BCUT2D eigenvalue weighted by molar-refractivity contribution is 0.844. The van der Waals surface area contributed by atoms with Crippen LogP contribution in [0.1, 0.15) is 19.0 Å². The zero-order valence-corrected chi connectivity index (χ0v) is 13.5. The highest BCUT2D eigenvalue weighted by Crippen LogP contribution is 2.23. The van der Waals surface area contributed by atoms with Crippen LogP contribution in [-0.2, 0) is 0 Å². The van der Waals surface area contributed by atoms with E-state index in [1.54, 1.807) is 6.20 Å². The van der Waals surface area contributed by atoms with Gasteiger partial charge in [0.15, 0.2) is 5.16 Å². The molecule has 0 aliphatic rings. The van der Waals surface area contributed by atoms with E-state index in [9.17, 15) is 0 Å². The lowest BCUT2D eigenvalue weighted by atomic mass is 10.5. The zero-order chi connectivity index (χ0) is 15.2. The van der Waals surface area contributed by atoms with Crippen LogP contribution in [0.2, 0.25) is 0 Å². The summed E-state index contributed by atoms with van der Waals surface area (Å²) in [6.07, 6.45) is 2.74. The number of rotatable bonds is 6. The van der Waals surface area contributed by atoms with Crippen LogP contribution >= 0.6 is 11.8 Å². The van der Waals surface area contributed by atoms with Gasteiger partial charge in [-0.1, -0.05) is 6.92 Å². The van der Waals surface area contributed by atoms with Crippen molar-refractivity contribution < 1.29 is 0 Å². The Bertz CT molecular complexity index is 603. The van der Waals surface area contributed by atoms with E-state index in [2.05, 4.69) is 37.2 Å². The van der Waals surface area contributed by atoms with Crippen LogP contribution in [0, 0.1) is 6.92 Å². The number of anilines is 2. The second kappa shape index (κ2) is 7.16. The Morgan fingerprint density at radius 2 is 1.95 bits per heavy atom. The standard InChI is InChI=1S/C13H19N7S/c1-5-7-14-10-17-11(20(3)4)19-13(18-10)21-12-15-8-6-9(2)16-12/h6,8H,5,7H2,1-4H3,(H,14,17,18,19). The first-order valence-electron chi connectivity index (χ1n) is 6.73. The lowest BCUT2D eigenvalue weighted by Gasteiger charge is -2.12. The van der Waals surface area contributed by atoms with Gasteiger partial charge in [-0.15, -0.1) is 0 Å². The molecule has 21 heavy (non-hydrogen) atoms. The summed E-state index contributed by atoms with van der Waals surface area (Å²) in [7, 11) is 3.80. The summed E-state index contributed by atoms with van der Waals surface area (Å²) in [4.78, 5) is 23.6. The van der Waals surface area contributed by atoms with E-state index in [4.69, 9.17) is 0 Å². The number of aryl methyl sites for hydroxylation is 1. The summed E-state index contributed by atoms with van der Waals surface area (Å²) in [5.74, 6) is 1.18. The monoisotopic (exact) mass is 305 g/mol. The third-order valence-electron chi connectivity index (χ3n) is 2.49. The molecule has 0 saturated heterocycles. The Morgan fingerprint density at radius 3 is 2.62 bits per heavy atom. The van der Waals surface area contributed by atoms with Gasteiger partial charge in [-0.2, -0.15) is 15.0 Å². The maximum atomic E-state index is 4.41. The van der Waals surface area contributed by atoms with E-state index in [1.807, 2.05) is 32.0 Å². The van der Waals surface area contributed by atoms with Crippen molar-refractivity contribution in [3.05, 3.63) is 18.0 Å². The molecule has 0 bridgehead atoms. The van der Waals surface area contributed by atoms with E-state index in [1.165, 1.54) is 11.8 Å². The molecule has 7 nitrogen and oxygen atoms in total. The summed E-state index contributed by atoms with van der Waals surface area (Å²) in [5, 5.41) is 4.40. The molecular formula is C13H19N7S. The Morgan fingerprint density at radius 1 is 1.14 bits per heavy atom. The van der Waals surface area contributed by atoms with Crippen molar-refractivity contribution >= 4 is 23.7 Å². The predicted molar refractivity (Wildman–Crippen MR) is 83.8 cm³/mol. The molecule has 2 rings (SSSR count). The van der Waals surface area contributed by atoms with Crippen LogP contribution in [0.3, 0.4) is 0 Å². The number of aromatic nitrogens is 5. The van der Waals surface area contributed by atoms with E-state index in [0.717, 1.165) is 18.7 Å². The van der Waals surface area contributed by atoms with Crippen molar-refractivity contribution in [1.82, 2.24) is 24.9 Å². The molecule has 8 heteroatoms. The Labute approximate surface area is 128 Å². The van der Waals surface area contributed by atoms with Gasteiger partial charge in [-0.25, -0.2) is 9.97 Å². The molecule has 0 aliphatic carbocycles. The number of nitrogens with one attached hydrogen (secondary N) is 1. The summed E-state index contributed by atoms with van der Waals surface area (Å²) in [6.45, 7) is 4.85. The molecule has 112 valence electrons. The minimum Gasteiger partial charge on any atom is -0.354 e. The minimum absolute atomic E-state index is 0.575. The van der Waals surface area contributed by atoms with Gasteiger partial charge in [0.2, 0.25) is 17.1 Å². The van der Waals surface area contributed by atoms with Crippen LogP contribution in [0.5, 0.6) is 0 Å². The molecule has 0 atom stereocenters. The molecule has 0 aliphatic heterocycles. The third kappa shape index (κ3) is 4.52. The Balaban J connectivity index is 2.26. The maximum absolute atomic E-state index is 4.41. The molecule has 0 fully saturated rings. The number of nitrogens with zero attached hydrogens (tertiary/aromatic N) is 6. The summed E-state index contributed by atoms with van der Waals surface area (Å²) in [5.41, 5.74) is 0.915. The molecule has 0 radical (unpaired) electrons. The second-order valence-electron chi connectivity index (χ2n) is 4.65. The van der Waals surface area contributed by atoms with Crippen molar-refractivity contribution in [3.63, 3.8) is 0 Å². The molecule has 0 aromatic carbocycles. The van der Waals surface area contributed by atoms with Gasteiger partial charge < -0.3 is 10.2 Å². The number of hydrogen-bond donors (Lipinski definition) is 1. The van der Waals surface area contributed by atoms with Crippen LogP contribution in [0.4, 0.5) is 11.9 Å². The fourth-order valence-corrected chi connectivity index (χ4v) is 2.19. The smallest absolute Gasteiger partial charge is 0.230 e.